The lowest BCUT2D eigenvalue weighted by Crippen LogP contribution is -2.55. The summed E-state index contributed by atoms with van der Waals surface area (Å²) in [5.41, 5.74) is -0.902. The van der Waals surface area contributed by atoms with Crippen molar-refractivity contribution in [3.8, 4) is 10.6 Å². The van der Waals surface area contributed by atoms with Crippen LogP contribution < -0.4 is 10.6 Å². The second-order valence-corrected chi connectivity index (χ2v) is 8.96. The van der Waals surface area contributed by atoms with Crippen LogP contribution in [0.1, 0.15) is 51.0 Å². The van der Waals surface area contributed by atoms with Crippen molar-refractivity contribution in [2.45, 2.75) is 51.7 Å². The molecule has 1 aliphatic carbocycles. The number of nitrogens with one attached hydrogen (secondary N) is 2. The number of rotatable bonds is 6. The number of ether oxygens (including phenoxy) is 1. The van der Waals surface area contributed by atoms with E-state index in [1.165, 1.54) is 17.7 Å². The Balaban J connectivity index is 1.69. The van der Waals surface area contributed by atoms with Gasteiger partial charge in [-0.25, -0.2) is 9.78 Å². The molecule has 1 aliphatic rings. The van der Waals surface area contributed by atoms with Crippen LogP contribution in [0.15, 0.2) is 28.3 Å². The lowest BCUT2D eigenvalue weighted by molar-refractivity contribution is 0.0502. The summed E-state index contributed by atoms with van der Waals surface area (Å²) in [5, 5.41) is 7.74. The normalized spacial score (nSPS) is 16.4. The first-order valence-corrected chi connectivity index (χ1v) is 9.83. The fourth-order valence-corrected chi connectivity index (χ4v) is 3.60. The van der Waals surface area contributed by atoms with Crippen molar-refractivity contribution in [1.82, 2.24) is 15.6 Å². The molecule has 0 radical (unpaired) electrons. The van der Waals surface area contributed by atoms with Gasteiger partial charge in [0, 0.05) is 6.54 Å². The van der Waals surface area contributed by atoms with Crippen LogP contribution in [0, 0.1) is 5.92 Å². The maximum Gasteiger partial charge on any atom is 0.407 e. The smallest absolute Gasteiger partial charge is 0.407 e. The van der Waals surface area contributed by atoms with E-state index >= 15 is 0 Å². The van der Waals surface area contributed by atoms with E-state index in [9.17, 15) is 9.59 Å². The zero-order valence-corrected chi connectivity index (χ0v) is 16.8. The van der Waals surface area contributed by atoms with E-state index in [0.29, 0.717) is 11.7 Å². The topological polar surface area (TPSA) is 93.5 Å². The SMILES string of the molecule is CC(C)(C)OC(=O)NCC(C)(NC(=O)c1ncoc1-c1cccs1)C1CC1. The van der Waals surface area contributed by atoms with Gasteiger partial charge >= 0.3 is 6.09 Å². The van der Waals surface area contributed by atoms with Gasteiger partial charge < -0.3 is 19.8 Å². The molecule has 1 unspecified atom stereocenters. The standard InChI is InChI=1S/C19H25N3O4S/c1-18(2,3)26-17(24)20-10-19(4,12-7-8-12)22-16(23)14-15(25-11-21-14)13-6-5-9-27-13/h5-6,9,11-12H,7-8,10H2,1-4H3,(H,20,24)(H,22,23). The summed E-state index contributed by atoms with van der Waals surface area (Å²) < 4.78 is 10.7. The van der Waals surface area contributed by atoms with Gasteiger partial charge in [-0.2, -0.15) is 0 Å². The van der Waals surface area contributed by atoms with Crippen molar-refractivity contribution >= 4 is 23.3 Å². The number of carbonyl (C=O) groups is 2. The monoisotopic (exact) mass is 391 g/mol. The zero-order chi connectivity index (χ0) is 19.7. The summed E-state index contributed by atoms with van der Waals surface area (Å²) in [6.07, 6.45) is 2.79. The Kier molecular flexibility index (Phi) is 5.28. The van der Waals surface area contributed by atoms with E-state index in [4.69, 9.17) is 9.15 Å². The molecule has 2 aromatic heterocycles. The van der Waals surface area contributed by atoms with Gasteiger partial charge in [-0.3, -0.25) is 4.79 Å². The van der Waals surface area contributed by atoms with Crippen LogP contribution in [-0.2, 0) is 4.74 Å². The van der Waals surface area contributed by atoms with Gasteiger partial charge in [-0.05, 0) is 57.9 Å². The number of carbonyl (C=O) groups excluding carboxylic acids is 2. The van der Waals surface area contributed by atoms with Crippen molar-refractivity contribution < 1.29 is 18.7 Å². The number of nitrogens with zero attached hydrogens (tertiary/aromatic N) is 1. The molecular formula is C19H25N3O4S. The molecule has 27 heavy (non-hydrogen) atoms. The fourth-order valence-electron chi connectivity index (χ4n) is 2.89. The van der Waals surface area contributed by atoms with Crippen LogP contribution >= 0.6 is 11.3 Å². The summed E-state index contributed by atoms with van der Waals surface area (Å²) >= 11 is 1.48. The molecule has 2 amide bonds. The Labute approximate surface area is 162 Å². The molecule has 7 nitrogen and oxygen atoms in total. The van der Waals surface area contributed by atoms with E-state index in [1.54, 1.807) is 0 Å². The minimum atomic E-state index is -0.584. The van der Waals surface area contributed by atoms with Crippen LogP contribution in [-0.4, -0.2) is 34.7 Å². The maximum atomic E-state index is 12.9. The number of hydrogen-bond acceptors (Lipinski definition) is 6. The third-order valence-corrected chi connectivity index (χ3v) is 5.27. The molecule has 1 fully saturated rings. The largest absolute Gasteiger partial charge is 0.444 e. The highest BCUT2D eigenvalue weighted by molar-refractivity contribution is 7.13. The Morgan fingerprint density at radius 2 is 2.07 bits per heavy atom. The second-order valence-electron chi connectivity index (χ2n) is 8.01. The zero-order valence-electron chi connectivity index (χ0n) is 16.0. The molecule has 3 rings (SSSR count). The molecule has 0 saturated heterocycles. The lowest BCUT2D eigenvalue weighted by Gasteiger charge is -2.31. The average molecular weight is 391 g/mol. The van der Waals surface area contributed by atoms with Crippen LogP contribution in [0.25, 0.3) is 10.6 Å². The number of oxazole rings is 1. The second kappa shape index (κ2) is 7.34. The van der Waals surface area contributed by atoms with Crippen LogP contribution in [0.5, 0.6) is 0 Å². The molecule has 146 valence electrons. The quantitative estimate of drug-likeness (QED) is 0.781. The number of thiophene rings is 1. The Morgan fingerprint density at radius 1 is 1.33 bits per heavy atom. The highest BCUT2D eigenvalue weighted by Crippen LogP contribution is 2.39. The molecule has 2 aromatic rings. The summed E-state index contributed by atoms with van der Waals surface area (Å²) in [6, 6.07) is 3.77. The first-order chi connectivity index (χ1) is 12.7. The first kappa shape index (κ1) is 19.4. The summed E-state index contributed by atoms with van der Waals surface area (Å²) in [7, 11) is 0. The molecule has 0 aliphatic heterocycles. The van der Waals surface area contributed by atoms with Gasteiger partial charge in [0.2, 0.25) is 0 Å². The maximum absolute atomic E-state index is 12.9. The number of aromatic nitrogens is 1. The molecular weight excluding hydrogens is 366 g/mol. The van der Waals surface area contributed by atoms with Gasteiger partial charge in [-0.1, -0.05) is 6.07 Å². The van der Waals surface area contributed by atoms with Crippen molar-refractivity contribution in [2.75, 3.05) is 6.54 Å². The third kappa shape index (κ3) is 4.88. The molecule has 2 N–H and O–H groups in total. The first-order valence-electron chi connectivity index (χ1n) is 8.95. The number of amides is 2. The van der Waals surface area contributed by atoms with Gasteiger partial charge in [0.05, 0.1) is 10.4 Å². The minimum absolute atomic E-state index is 0.251. The fraction of sp³-hybridized carbons (Fsp3) is 0.526. The number of alkyl carbamates (subject to hydrolysis) is 1. The van der Waals surface area contributed by atoms with Gasteiger partial charge in [-0.15, -0.1) is 11.3 Å². The van der Waals surface area contributed by atoms with Crippen molar-refractivity contribution in [3.05, 3.63) is 29.6 Å². The number of hydrogen-bond donors (Lipinski definition) is 2. The van der Waals surface area contributed by atoms with Crippen LogP contribution in [0.2, 0.25) is 0 Å². The third-order valence-electron chi connectivity index (χ3n) is 4.40. The Bertz CT molecular complexity index is 805. The van der Waals surface area contributed by atoms with E-state index in [0.717, 1.165) is 17.7 Å². The summed E-state index contributed by atoms with van der Waals surface area (Å²) in [6.45, 7) is 7.65. The molecule has 0 aromatic carbocycles. The van der Waals surface area contributed by atoms with Crippen LogP contribution in [0.3, 0.4) is 0 Å². The molecule has 1 atom stereocenters. The highest BCUT2D eigenvalue weighted by atomic mass is 32.1. The highest BCUT2D eigenvalue weighted by Gasteiger charge is 2.43. The van der Waals surface area contributed by atoms with E-state index in [2.05, 4.69) is 15.6 Å². The predicted molar refractivity (Wildman–Crippen MR) is 103 cm³/mol. The summed E-state index contributed by atoms with van der Waals surface area (Å²) in [5.74, 6) is 0.446. The van der Waals surface area contributed by atoms with Crippen molar-refractivity contribution in [2.24, 2.45) is 5.92 Å². The van der Waals surface area contributed by atoms with Gasteiger partial charge in [0.15, 0.2) is 17.8 Å². The van der Waals surface area contributed by atoms with Crippen LogP contribution in [0.4, 0.5) is 4.79 Å². The Hall–Kier alpha value is -2.35. The van der Waals surface area contributed by atoms with E-state index < -0.39 is 17.2 Å². The molecule has 0 spiro atoms. The van der Waals surface area contributed by atoms with E-state index in [1.807, 2.05) is 45.2 Å². The van der Waals surface area contributed by atoms with Crippen molar-refractivity contribution in [3.63, 3.8) is 0 Å². The molecule has 0 bridgehead atoms. The van der Waals surface area contributed by atoms with Crippen molar-refractivity contribution in [1.29, 1.82) is 0 Å². The van der Waals surface area contributed by atoms with Gasteiger partial charge in [0.1, 0.15) is 5.60 Å². The lowest BCUT2D eigenvalue weighted by atomic mass is 9.95. The minimum Gasteiger partial charge on any atom is -0.444 e. The molecule has 2 heterocycles. The van der Waals surface area contributed by atoms with E-state index in [-0.39, 0.29) is 18.1 Å². The summed E-state index contributed by atoms with van der Waals surface area (Å²) in [4.78, 5) is 29.8. The molecule has 1 saturated carbocycles. The average Bonchev–Trinajstić information content (AvgIpc) is 3.09. The van der Waals surface area contributed by atoms with Gasteiger partial charge in [0.25, 0.3) is 5.91 Å². The Morgan fingerprint density at radius 3 is 2.67 bits per heavy atom. The molecule has 8 heteroatoms. The predicted octanol–water partition coefficient (Wildman–Crippen LogP) is 3.83.